The number of imide groups is 1. The third-order valence-electron chi connectivity index (χ3n) is 6.41. The van der Waals surface area contributed by atoms with Gasteiger partial charge in [0.25, 0.3) is 0 Å². The maximum atomic E-state index is 13.2. The van der Waals surface area contributed by atoms with E-state index in [4.69, 9.17) is 28.7 Å². The van der Waals surface area contributed by atoms with Crippen LogP contribution in [0.25, 0.3) is 0 Å². The summed E-state index contributed by atoms with van der Waals surface area (Å²) in [7, 11) is 0. The normalized spacial score (nSPS) is 24.2. The minimum atomic E-state index is -0.930. The molecule has 0 radical (unpaired) electrons. The Kier molecular flexibility index (Phi) is 6.83. The standard InChI is InChI=1S/C26H35BrN2O7/c1-8-9-19-25(13-32-14-25)26(17-12-16(27)10-11-18(17)34-19)15-33-20(28-26)29(21(30)35-23(2,3)4)22(31)36-24(5,6)7/h10-12,19H,8-9,13-15H2,1-7H3. The van der Waals surface area contributed by atoms with E-state index in [9.17, 15) is 9.59 Å². The molecule has 0 bridgehead atoms. The van der Waals surface area contributed by atoms with Crippen molar-refractivity contribution in [3.63, 3.8) is 0 Å². The third-order valence-corrected chi connectivity index (χ3v) is 6.90. The van der Waals surface area contributed by atoms with Crippen molar-refractivity contribution in [3.05, 3.63) is 28.2 Å². The molecule has 198 valence electrons. The molecule has 0 saturated carbocycles. The van der Waals surface area contributed by atoms with Gasteiger partial charge in [0.05, 0.1) is 18.6 Å². The molecule has 0 aromatic heterocycles. The van der Waals surface area contributed by atoms with Crippen molar-refractivity contribution in [1.82, 2.24) is 4.90 Å². The van der Waals surface area contributed by atoms with Gasteiger partial charge in [0.1, 0.15) is 35.2 Å². The van der Waals surface area contributed by atoms with Crippen LogP contribution in [0.4, 0.5) is 9.59 Å². The lowest BCUT2D eigenvalue weighted by Gasteiger charge is -2.57. The van der Waals surface area contributed by atoms with Crippen LogP contribution < -0.4 is 4.74 Å². The number of carbonyl (C=O) groups is 2. The summed E-state index contributed by atoms with van der Waals surface area (Å²) < 4.78 is 30.2. The van der Waals surface area contributed by atoms with Gasteiger partial charge < -0.3 is 23.7 Å². The number of nitrogens with zero attached hydrogens (tertiary/aromatic N) is 2. The molecule has 0 N–H and O–H groups in total. The highest BCUT2D eigenvalue weighted by Crippen LogP contribution is 2.59. The Hall–Kier alpha value is -2.33. The Morgan fingerprint density at radius 3 is 2.19 bits per heavy atom. The first-order valence-electron chi connectivity index (χ1n) is 12.2. The van der Waals surface area contributed by atoms with Crippen LogP contribution in [0.15, 0.2) is 27.7 Å². The van der Waals surface area contributed by atoms with Gasteiger partial charge in [-0.1, -0.05) is 29.3 Å². The first kappa shape index (κ1) is 26.7. The Morgan fingerprint density at radius 2 is 1.69 bits per heavy atom. The van der Waals surface area contributed by atoms with Gasteiger partial charge >= 0.3 is 18.2 Å². The van der Waals surface area contributed by atoms with Crippen LogP contribution in [0.5, 0.6) is 5.75 Å². The summed E-state index contributed by atoms with van der Waals surface area (Å²) >= 11 is 3.57. The molecular formula is C26H35BrN2O7. The molecule has 10 heteroatoms. The second-order valence-corrected chi connectivity index (χ2v) is 12.4. The molecule has 36 heavy (non-hydrogen) atoms. The molecule has 1 aromatic rings. The van der Waals surface area contributed by atoms with Crippen LogP contribution in [-0.4, -0.2) is 60.2 Å². The van der Waals surface area contributed by atoms with Gasteiger partial charge in [-0.05, 0) is 66.2 Å². The van der Waals surface area contributed by atoms with Gasteiger partial charge in [0.15, 0.2) is 0 Å². The molecule has 3 aliphatic rings. The Balaban J connectivity index is 1.85. The van der Waals surface area contributed by atoms with Crippen LogP contribution in [0.1, 0.15) is 66.9 Å². The van der Waals surface area contributed by atoms with Gasteiger partial charge in [0, 0.05) is 10.0 Å². The average Bonchev–Trinajstić information content (AvgIpc) is 3.10. The van der Waals surface area contributed by atoms with E-state index in [1.54, 1.807) is 41.5 Å². The molecule has 4 rings (SSSR count). The predicted octanol–water partition coefficient (Wildman–Crippen LogP) is 5.78. The molecule has 1 aromatic carbocycles. The fourth-order valence-corrected chi connectivity index (χ4v) is 5.18. The summed E-state index contributed by atoms with van der Waals surface area (Å²) in [5.74, 6) is 0.698. The van der Waals surface area contributed by atoms with Crippen molar-refractivity contribution < 1.29 is 33.3 Å². The maximum absolute atomic E-state index is 13.2. The Bertz CT molecular complexity index is 1040. The Morgan fingerprint density at radius 1 is 1.08 bits per heavy atom. The van der Waals surface area contributed by atoms with Gasteiger partial charge in [-0.15, -0.1) is 4.90 Å². The number of amides is 2. The van der Waals surface area contributed by atoms with Crippen LogP contribution in [-0.2, 0) is 24.5 Å². The second-order valence-electron chi connectivity index (χ2n) is 11.5. The number of halogens is 1. The van der Waals surface area contributed by atoms with E-state index >= 15 is 0 Å². The molecule has 3 heterocycles. The van der Waals surface area contributed by atoms with Gasteiger partial charge in [-0.25, -0.2) is 14.6 Å². The van der Waals surface area contributed by atoms with Crippen molar-refractivity contribution >= 4 is 34.1 Å². The van der Waals surface area contributed by atoms with Gasteiger partial charge in [0.2, 0.25) is 0 Å². The molecule has 2 spiro atoms. The highest BCUT2D eigenvalue weighted by molar-refractivity contribution is 9.10. The van der Waals surface area contributed by atoms with Crippen LogP contribution in [0.3, 0.4) is 0 Å². The fourth-order valence-electron chi connectivity index (χ4n) is 4.82. The number of benzene rings is 1. The third kappa shape index (κ3) is 4.69. The first-order valence-corrected chi connectivity index (χ1v) is 13.0. The van der Waals surface area contributed by atoms with E-state index in [1.807, 2.05) is 18.2 Å². The topological polar surface area (TPSA) is 95.9 Å². The zero-order valence-electron chi connectivity index (χ0n) is 22.0. The van der Waals surface area contributed by atoms with Crippen molar-refractivity contribution in [2.75, 3.05) is 19.8 Å². The first-order chi connectivity index (χ1) is 16.7. The number of ether oxygens (including phenoxy) is 5. The van der Waals surface area contributed by atoms with E-state index in [0.717, 1.165) is 27.8 Å². The zero-order valence-corrected chi connectivity index (χ0v) is 23.6. The highest BCUT2D eigenvalue weighted by Gasteiger charge is 2.68. The molecule has 1 fully saturated rings. The monoisotopic (exact) mass is 566 g/mol. The quantitative estimate of drug-likeness (QED) is 0.447. The predicted molar refractivity (Wildman–Crippen MR) is 136 cm³/mol. The molecule has 2 amide bonds. The molecule has 0 aliphatic carbocycles. The average molecular weight is 567 g/mol. The number of fused-ring (bicyclic) bond motifs is 3. The number of amidine groups is 1. The SMILES string of the molecule is CCCC1Oc2ccc(Br)cc2C2(COC(N(C(=O)OC(C)(C)C)C(=O)OC(C)(C)C)=N2)C12COC2. The second kappa shape index (κ2) is 9.20. The molecule has 1 saturated heterocycles. The number of carbonyl (C=O) groups excluding carboxylic acids is 2. The minimum Gasteiger partial charge on any atom is -0.489 e. The number of hydrogen-bond acceptors (Lipinski definition) is 8. The lowest BCUT2D eigenvalue weighted by molar-refractivity contribution is -0.217. The number of aliphatic imine (C=N–C) groups is 1. The van der Waals surface area contributed by atoms with Crippen molar-refractivity contribution in [1.29, 1.82) is 0 Å². The zero-order chi connectivity index (χ0) is 26.5. The van der Waals surface area contributed by atoms with E-state index < -0.39 is 34.3 Å². The summed E-state index contributed by atoms with van der Waals surface area (Å²) in [6, 6.07) is 5.62. The molecular weight excluding hydrogens is 532 g/mol. The van der Waals surface area contributed by atoms with Crippen LogP contribution in [0.2, 0.25) is 0 Å². The summed E-state index contributed by atoms with van der Waals surface area (Å²) in [6.07, 6.45) is -0.301. The molecule has 9 nitrogen and oxygen atoms in total. The molecule has 3 aliphatic heterocycles. The number of hydrogen-bond donors (Lipinski definition) is 0. The van der Waals surface area contributed by atoms with Crippen LogP contribution in [0, 0.1) is 5.41 Å². The lowest BCUT2D eigenvalue weighted by atomic mass is 9.59. The highest BCUT2D eigenvalue weighted by atomic mass is 79.9. The van der Waals surface area contributed by atoms with Crippen molar-refractivity contribution in [3.8, 4) is 5.75 Å². The minimum absolute atomic E-state index is 0.112. The van der Waals surface area contributed by atoms with E-state index in [-0.39, 0.29) is 18.7 Å². The summed E-state index contributed by atoms with van der Waals surface area (Å²) in [5, 5.41) is 0. The lowest BCUT2D eigenvalue weighted by Crippen LogP contribution is -2.67. The van der Waals surface area contributed by atoms with Crippen LogP contribution >= 0.6 is 15.9 Å². The summed E-state index contributed by atoms with van der Waals surface area (Å²) in [6.45, 7) is 13.4. The Labute approximate surface area is 220 Å². The van der Waals surface area contributed by atoms with Gasteiger partial charge in [-0.2, -0.15) is 0 Å². The smallest absolute Gasteiger partial charge is 0.428 e. The number of rotatable bonds is 2. The fraction of sp³-hybridized carbons (Fsp3) is 0.654. The van der Waals surface area contributed by atoms with Crippen molar-refractivity contribution in [2.45, 2.75) is 84.2 Å². The summed E-state index contributed by atoms with van der Waals surface area (Å²) in [4.78, 5) is 32.2. The van der Waals surface area contributed by atoms with E-state index in [1.165, 1.54) is 0 Å². The van der Waals surface area contributed by atoms with E-state index in [0.29, 0.717) is 19.0 Å². The van der Waals surface area contributed by atoms with E-state index in [2.05, 4.69) is 22.9 Å². The largest absolute Gasteiger partial charge is 0.489 e. The maximum Gasteiger partial charge on any atom is 0.428 e. The van der Waals surface area contributed by atoms with Crippen molar-refractivity contribution in [2.24, 2.45) is 10.4 Å². The summed E-state index contributed by atoms with van der Waals surface area (Å²) in [5.41, 5.74) is -2.33. The molecule has 2 atom stereocenters. The molecule has 2 unspecified atom stereocenters. The van der Waals surface area contributed by atoms with Gasteiger partial charge in [-0.3, -0.25) is 0 Å².